The third-order valence-electron chi connectivity index (χ3n) is 5.09. The Balaban J connectivity index is 1.37. The molecule has 1 unspecified atom stereocenters. The Hall–Kier alpha value is -2.79. The first kappa shape index (κ1) is 20.9. The molecule has 29 heavy (non-hydrogen) atoms. The molecule has 2 aromatic carbocycles. The van der Waals surface area contributed by atoms with Crippen LogP contribution in [-0.4, -0.2) is 50.7 Å². The molecule has 0 aliphatic carbocycles. The van der Waals surface area contributed by atoms with Crippen molar-refractivity contribution in [1.82, 2.24) is 10.2 Å². The van der Waals surface area contributed by atoms with E-state index in [1.807, 2.05) is 24.3 Å². The van der Waals surface area contributed by atoms with Crippen LogP contribution >= 0.6 is 0 Å². The number of piperidine rings is 1. The lowest BCUT2D eigenvalue weighted by Crippen LogP contribution is -2.41. The lowest BCUT2D eigenvalue weighted by Gasteiger charge is -2.32. The van der Waals surface area contributed by atoms with Gasteiger partial charge in [-0.25, -0.2) is 0 Å². The average molecular weight is 395 g/mol. The van der Waals surface area contributed by atoms with Gasteiger partial charge in [0.25, 0.3) is 5.91 Å². The molecule has 1 N–H and O–H groups in total. The number of benzene rings is 2. The molecule has 5 heteroatoms. The van der Waals surface area contributed by atoms with Gasteiger partial charge in [-0.1, -0.05) is 54.6 Å². The molecule has 1 saturated heterocycles. The minimum Gasteiger partial charge on any atom is -0.493 e. The fourth-order valence-electron chi connectivity index (χ4n) is 3.58. The lowest BCUT2D eigenvalue weighted by molar-refractivity contribution is -0.123. The van der Waals surface area contributed by atoms with Crippen LogP contribution in [0.4, 0.5) is 0 Å². The van der Waals surface area contributed by atoms with Gasteiger partial charge in [-0.3, -0.25) is 9.69 Å². The third kappa shape index (κ3) is 6.95. The van der Waals surface area contributed by atoms with Crippen LogP contribution in [0, 0.1) is 5.92 Å². The maximum atomic E-state index is 12.2. The summed E-state index contributed by atoms with van der Waals surface area (Å²) in [6.07, 6.45) is 6.70. The van der Waals surface area contributed by atoms with Gasteiger partial charge in [-0.05, 0) is 43.0 Å². The predicted octanol–water partition coefficient (Wildman–Crippen LogP) is 3.62. The van der Waals surface area contributed by atoms with E-state index in [0.29, 0.717) is 24.0 Å². The molecule has 3 rings (SSSR count). The van der Waals surface area contributed by atoms with E-state index < -0.39 is 0 Å². The molecule has 0 bridgehead atoms. The number of hydrogen-bond donors (Lipinski definition) is 1. The average Bonchev–Trinajstić information content (AvgIpc) is 2.77. The molecule has 1 amide bonds. The number of likely N-dealkylation sites (tertiary alicyclic amines) is 1. The number of nitrogens with one attached hydrogen (secondary N) is 1. The topological polar surface area (TPSA) is 50.8 Å². The third-order valence-corrected chi connectivity index (χ3v) is 5.09. The summed E-state index contributed by atoms with van der Waals surface area (Å²) in [6.45, 7) is 3.74. The quantitative estimate of drug-likeness (QED) is 0.706. The highest BCUT2D eigenvalue weighted by Crippen LogP contribution is 2.25. The molecule has 5 nitrogen and oxygen atoms in total. The summed E-state index contributed by atoms with van der Waals surface area (Å²) in [5.74, 6) is 1.59. The van der Waals surface area contributed by atoms with Crippen molar-refractivity contribution >= 4 is 12.0 Å². The maximum absolute atomic E-state index is 12.2. The second-order valence-electron chi connectivity index (χ2n) is 7.32. The first-order valence-electron chi connectivity index (χ1n) is 10.2. The van der Waals surface area contributed by atoms with Crippen molar-refractivity contribution in [3.8, 4) is 11.5 Å². The molecule has 154 valence electrons. The molecule has 0 spiro atoms. The minimum absolute atomic E-state index is 0.00335. The van der Waals surface area contributed by atoms with Gasteiger partial charge in [-0.15, -0.1) is 0 Å². The van der Waals surface area contributed by atoms with E-state index in [1.165, 1.54) is 5.56 Å². The monoisotopic (exact) mass is 394 g/mol. The van der Waals surface area contributed by atoms with Gasteiger partial charge in [0.15, 0.2) is 18.1 Å². The summed E-state index contributed by atoms with van der Waals surface area (Å²) in [6, 6.07) is 17.7. The minimum atomic E-state index is -0.1000. The van der Waals surface area contributed by atoms with Gasteiger partial charge >= 0.3 is 0 Å². The summed E-state index contributed by atoms with van der Waals surface area (Å²) in [7, 11) is 1.59. The summed E-state index contributed by atoms with van der Waals surface area (Å²) in [4.78, 5) is 14.6. The standard InChI is InChI=1S/C24H30N2O3/c1-28-22-13-5-6-14-23(22)29-19-24(27)25-17-21-12-8-16-26(18-21)15-7-11-20-9-3-2-4-10-20/h2-7,9-11,13-14,21H,8,12,15-19H2,1H3,(H,25,27). The second-order valence-corrected chi connectivity index (χ2v) is 7.32. The number of nitrogens with zero attached hydrogens (tertiary/aromatic N) is 1. The largest absolute Gasteiger partial charge is 0.493 e. The van der Waals surface area contributed by atoms with Crippen molar-refractivity contribution in [3.63, 3.8) is 0 Å². The molecule has 1 atom stereocenters. The highest BCUT2D eigenvalue weighted by molar-refractivity contribution is 5.77. The summed E-state index contributed by atoms with van der Waals surface area (Å²) >= 11 is 0. The van der Waals surface area contributed by atoms with Gasteiger partial charge in [0.1, 0.15) is 0 Å². The normalized spacial score (nSPS) is 17.2. The molecule has 2 aromatic rings. The molecule has 1 aliphatic rings. The van der Waals surface area contributed by atoms with Gasteiger partial charge < -0.3 is 14.8 Å². The summed E-state index contributed by atoms with van der Waals surface area (Å²) in [5, 5.41) is 3.01. The van der Waals surface area contributed by atoms with Crippen LogP contribution in [0.5, 0.6) is 11.5 Å². The number of hydrogen-bond acceptors (Lipinski definition) is 4. The molecule has 1 aliphatic heterocycles. The second kappa shape index (κ2) is 11.3. The Kier molecular flexibility index (Phi) is 8.13. The van der Waals surface area contributed by atoms with Crippen molar-refractivity contribution in [3.05, 3.63) is 66.2 Å². The fraction of sp³-hybridized carbons (Fsp3) is 0.375. The number of methoxy groups -OCH3 is 1. The number of carbonyl (C=O) groups excluding carboxylic acids is 1. The Labute approximate surface area is 173 Å². The van der Waals surface area contributed by atoms with Crippen LogP contribution in [0.2, 0.25) is 0 Å². The van der Waals surface area contributed by atoms with Gasteiger partial charge in [0.05, 0.1) is 7.11 Å². The highest BCUT2D eigenvalue weighted by Gasteiger charge is 2.19. The van der Waals surface area contributed by atoms with Crippen molar-refractivity contribution < 1.29 is 14.3 Å². The molecule has 1 heterocycles. The molecule has 1 fully saturated rings. The molecule has 0 aromatic heterocycles. The van der Waals surface area contributed by atoms with Crippen molar-refractivity contribution in [2.45, 2.75) is 12.8 Å². The number of ether oxygens (including phenoxy) is 2. The lowest BCUT2D eigenvalue weighted by atomic mass is 9.98. The Morgan fingerprint density at radius 3 is 2.69 bits per heavy atom. The SMILES string of the molecule is COc1ccccc1OCC(=O)NCC1CCCN(CC=Cc2ccccc2)C1. The fourth-order valence-corrected chi connectivity index (χ4v) is 3.58. The maximum Gasteiger partial charge on any atom is 0.257 e. The summed E-state index contributed by atoms with van der Waals surface area (Å²) < 4.78 is 10.8. The van der Waals surface area contributed by atoms with Crippen LogP contribution < -0.4 is 14.8 Å². The smallest absolute Gasteiger partial charge is 0.257 e. The van der Waals surface area contributed by atoms with E-state index in [-0.39, 0.29) is 12.5 Å². The van der Waals surface area contributed by atoms with E-state index in [0.717, 1.165) is 32.5 Å². The number of carbonyl (C=O) groups is 1. The highest BCUT2D eigenvalue weighted by atomic mass is 16.5. The zero-order valence-electron chi connectivity index (χ0n) is 17.0. The number of rotatable bonds is 9. The van der Waals surface area contributed by atoms with Crippen molar-refractivity contribution in [2.24, 2.45) is 5.92 Å². The summed E-state index contributed by atoms with van der Waals surface area (Å²) in [5.41, 5.74) is 1.23. The Morgan fingerprint density at radius 2 is 1.90 bits per heavy atom. The van der Waals surface area contributed by atoms with E-state index in [9.17, 15) is 4.79 Å². The zero-order valence-corrected chi connectivity index (χ0v) is 17.0. The van der Waals surface area contributed by atoms with Crippen molar-refractivity contribution in [1.29, 1.82) is 0 Å². The van der Waals surface area contributed by atoms with E-state index in [2.05, 4.69) is 46.6 Å². The van der Waals surface area contributed by atoms with Crippen LogP contribution in [-0.2, 0) is 4.79 Å². The Bertz CT molecular complexity index is 792. The van der Waals surface area contributed by atoms with E-state index in [4.69, 9.17) is 9.47 Å². The van der Waals surface area contributed by atoms with Gasteiger partial charge in [0, 0.05) is 19.6 Å². The van der Waals surface area contributed by atoms with Gasteiger partial charge in [-0.2, -0.15) is 0 Å². The predicted molar refractivity (Wildman–Crippen MR) is 116 cm³/mol. The molecular weight excluding hydrogens is 364 g/mol. The Morgan fingerprint density at radius 1 is 1.14 bits per heavy atom. The first-order chi connectivity index (χ1) is 14.2. The van der Waals surface area contributed by atoms with Crippen LogP contribution in [0.1, 0.15) is 18.4 Å². The number of amides is 1. The number of para-hydroxylation sites is 2. The van der Waals surface area contributed by atoms with E-state index >= 15 is 0 Å². The van der Waals surface area contributed by atoms with E-state index in [1.54, 1.807) is 13.2 Å². The first-order valence-corrected chi connectivity index (χ1v) is 10.2. The van der Waals surface area contributed by atoms with Crippen molar-refractivity contribution in [2.75, 3.05) is 39.9 Å². The van der Waals surface area contributed by atoms with Crippen LogP contribution in [0.25, 0.3) is 6.08 Å². The zero-order chi connectivity index (χ0) is 20.3. The molecular formula is C24H30N2O3. The van der Waals surface area contributed by atoms with Crippen LogP contribution in [0.15, 0.2) is 60.7 Å². The van der Waals surface area contributed by atoms with Gasteiger partial charge in [0.2, 0.25) is 0 Å². The van der Waals surface area contributed by atoms with Crippen LogP contribution in [0.3, 0.4) is 0 Å². The molecule has 0 radical (unpaired) electrons. The molecule has 0 saturated carbocycles.